The van der Waals surface area contributed by atoms with E-state index in [2.05, 4.69) is 6.07 Å². The largest absolute Gasteiger partial charge is 0.353 e. The topological polar surface area (TPSA) is 42.2 Å². The Morgan fingerprint density at radius 2 is 2.35 bits per heavy atom. The first-order chi connectivity index (χ1) is 9.70. The molecule has 0 aliphatic carbocycles. The summed E-state index contributed by atoms with van der Waals surface area (Å²) in [4.78, 5) is 0. The number of hydrogen-bond acceptors (Lipinski definition) is 3. The molecule has 0 amide bonds. The molecule has 1 fully saturated rings. The third-order valence-corrected chi connectivity index (χ3v) is 3.61. The van der Waals surface area contributed by atoms with Crippen LogP contribution in [-0.4, -0.2) is 19.5 Å². The van der Waals surface area contributed by atoms with Gasteiger partial charge in [0.25, 0.3) is 0 Å². The molecule has 0 spiro atoms. The quantitative estimate of drug-likeness (QED) is 0.824. The van der Waals surface area contributed by atoms with Gasteiger partial charge in [-0.2, -0.15) is 5.26 Å². The van der Waals surface area contributed by atoms with Crippen LogP contribution in [0.2, 0.25) is 0 Å². The summed E-state index contributed by atoms with van der Waals surface area (Å²) in [5.41, 5.74) is 1.69. The monoisotopic (exact) mass is 277 g/mol. The third kappa shape index (κ3) is 4.03. The van der Waals surface area contributed by atoms with Crippen LogP contribution in [0.4, 0.5) is 4.39 Å². The highest BCUT2D eigenvalue weighted by Gasteiger charge is 2.17. The Kier molecular flexibility index (Phi) is 5.51. The molecule has 0 saturated carbocycles. The molecule has 1 saturated heterocycles. The first kappa shape index (κ1) is 15.0. The molecule has 108 valence electrons. The number of nitrogens with zero attached hydrogens (tertiary/aromatic N) is 1. The molecule has 2 unspecified atom stereocenters. The van der Waals surface area contributed by atoms with Gasteiger partial charge in [0.1, 0.15) is 5.82 Å². The van der Waals surface area contributed by atoms with E-state index in [4.69, 9.17) is 9.47 Å². The zero-order chi connectivity index (χ0) is 14.4. The normalized spacial score (nSPS) is 20.4. The maximum Gasteiger partial charge on any atom is 0.157 e. The van der Waals surface area contributed by atoms with E-state index in [1.165, 1.54) is 12.1 Å². The number of hydrogen-bond donors (Lipinski definition) is 0. The molecule has 0 radical (unpaired) electrons. The molecule has 1 aliphatic rings. The van der Waals surface area contributed by atoms with Gasteiger partial charge in [-0.15, -0.1) is 0 Å². The van der Waals surface area contributed by atoms with E-state index in [9.17, 15) is 9.65 Å². The summed E-state index contributed by atoms with van der Waals surface area (Å²) >= 11 is 0. The van der Waals surface area contributed by atoms with E-state index in [-0.39, 0.29) is 18.0 Å². The minimum atomic E-state index is -0.269. The lowest BCUT2D eigenvalue weighted by Gasteiger charge is -2.23. The zero-order valence-electron chi connectivity index (χ0n) is 11.8. The molecular formula is C16H20FNO2. The van der Waals surface area contributed by atoms with Crippen LogP contribution >= 0.6 is 0 Å². The summed E-state index contributed by atoms with van der Waals surface area (Å²) < 4.78 is 24.2. The second-order valence-corrected chi connectivity index (χ2v) is 5.14. The fraction of sp³-hybridized carbons (Fsp3) is 0.562. The van der Waals surface area contributed by atoms with Crippen molar-refractivity contribution in [3.8, 4) is 6.07 Å². The standard InChI is InChI=1S/C16H20FNO2/c1-12-10-14(17)5-6-15(12)13(11-18)7-9-20-16-4-2-3-8-19-16/h5-6,10,13,16H,2-4,7-9H2,1H3. The van der Waals surface area contributed by atoms with Crippen molar-refractivity contribution in [3.05, 3.63) is 35.1 Å². The minimum absolute atomic E-state index is 0.127. The van der Waals surface area contributed by atoms with Crippen molar-refractivity contribution in [2.24, 2.45) is 0 Å². The van der Waals surface area contributed by atoms with Gasteiger partial charge in [-0.1, -0.05) is 6.07 Å². The summed E-state index contributed by atoms with van der Waals surface area (Å²) in [5.74, 6) is -0.533. The maximum absolute atomic E-state index is 13.1. The Morgan fingerprint density at radius 1 is 1.50 bits per heavy atom. The van der Waals surface area contributed by atoms with Gasteiger partial charge in [0, 0.05) is 6.61 Å². The lowest BCUT2D eigenvalue weighted by Crippen LogP contribution is -2.23. The summed E-state index contributed by atoms with van der Waals surface area (Å²) in [6.07, 6.45) is 3.62. The van der Waals surface area contributed by atoms with Crippen LogP contribution in [0.5, 0.6) is 0 Å². The first-order valence-electron chi connectivity index (χ1n) is 7.09. The highest BCUT2D eigenvalue weighted by atomic mass is 19.1. The lowest BCUT2D eigenvalue weighted by molar-refractivity contribution is -0.162. The Labute approximate surface area is 119 Å². The average Bonchev–Trinajstić information content (AvgIpc) is 2.46. The van der Waals surface area contributed by atoms with Gasteiger partial charge in [0.15, 0.2) is 6.29 Å². The van der Waals surface area contributed by atoms with Crippen molar-refractivity contribution in [1.29, 1.82) is 5.26 Å². The van der Waals surface area contributed by atoms with E-state index >= 15 is 0 Å². The number of nitriles is 1. The van der Waals surface area contributed by atoms with E-state index < -0.39 is 0 Å². The lowest BCUT2D eigenvalue weighted by atomic mass is 9.93. The van der Waals surface area contributed by atoms with E-state index in [0.29, 0.717) is 13.0 Å². The van der Waals surface area contributed by atoms with E-state index in [1.54, 1.807) is 6.07 Å². The first-order valence-corrected chi connectivity index (χ1v) is 7.09. The molecule has 4 heteroatoms. The van der Waals surface area contributed by atoms with Crippen molar-refractivity contribution in [2.75, 3.05) is 13.2 Å². The van der Waals surface area contributed by atoms with Crippen molar-refractivity contribution >= 4 is 0 Å². The average molecular weight is 277 g/mol. The summed E-state index contributed by atoms with van der Waals surface area (Å²) in [6.45, 7) is 3.07. The Bertz CT molecular complexity index is 478. The molecule has 1 heterocycles. The second-order valence-electron chi connectivity index (χ2n) is 5.14. The van der Waals surface area contributed by atoms with Crippen molar-refractivity contribution in [1.82, 2.24) is 0 Å². The second kappa shape index (κ2) is 7.37. The number of ether oxygens (including phenoxy) is 2. The predicted octanol–water partition coefficient (Wildman–Crippen LogP) is 3.67. The Morgan fingerprint density at radius 3 is 3.00 bits per heavy atom. The minimum Gasteiger partial charge on any atom is -0.353 e. The van der Waals surface area contributed by atoms with Gasteiger partial charge in [-0.25, -0.2) is 4.39 Å². The van der Waals surface area contributed by atoms with Crippen LogP contribution in [0.25, 0.3) is 0 Å². The molecule has 1 aromatic carbocycles. The highest BCUT2D eigenvalue weighted by Crippen LogP contribution is 2.24. The van der Waals surface area contributed by atoms with Gasteiger partial charge in [-0.05, 0) is 55.9 Å². The van der Waals surface area contributed by atoms with Gasteiger partial charge in [0.2, 0.25) is 0 Å². The van der Waals surface area contributed by atoms with Crippen molar-refractivity contribution < 1.29 is 13.9 Å². The summed E-state index contributed by atoms with van der Waals surface area (Å²) in [7, 11) is 0. The van der Waals surface area contributed by atoms with Crippen LogP contribution in [0.1, 0.15) is 42.7 Å². The predicted molar refractivity (Wildman–Crippen MR) is 73.7 cm³/mol. The van der Waals surface area contributed by atoms with Crippen LogP contribution in [-0.2, 0) is 9.47 Å². The number of halogens is 1. The van der Waals surface area contributed by atoms with Crippen LogP contribution < -0.4 is 0 Å². The Balaban J connectivity index is 1.87. The zero-order valence-corrected chi connectivity index (χ0v) is 11.8. The molecule has 0 N–H and O–H groups in total. The molecule has 2 atom stereocenters. The SMILES string of the molecule is Cc1cc(F)ccc1C(C#N)CCOC1CCCCO1. The van der Waals surface area contributed by atoms with Crippen molar-refractivity contribution in [2.45, 2.75) is 44.8 Å². The fourth-order valence-electron chi connectivity index (χ4n) is 2.48. The van der Waals surface area contributed by atoms with E-state index in [0.717, 1.165) is 37.0 Å². The summed E-state index contributed by atoms with van der Waals surface area (Å²) in [5, 5.41) is 9.28. The fourth-order valence-corrected chi connectivity index (χ4v) is 2.48. The molecule has 0 aromatic heterocycles. The smallest absolute Gasteiger partial charge is 0.157 e. The van der Waals surface area contributed by atoms with E-state index in [1.807, 2.05) is 6.92 Å². The van der Waals surface area contributed by atoms with Crippen LogP contribution in [0, 0.1) is 24.1 Å². The summed E-state index contributed by atoms with van der Waals surface area (Å²) in [6, 6.07) is 6.83. The number of rotatable bonds is 5. The van der Waals surface area contributed by atoms with Gasteiger partial charge in [-0.3, -0.25) is 0 Å². The van der Waals surface area contributed by atoms with Crippen LogP contribution in [0.15, 0.2) is 18.2 Å². The molecule has 1 aliphatic heterocycles. The van der Waals surface area contributed by atoms with Crippen LogP contribution in [0.3, 0.4) is 0 Å². The van der Waals surface area contributed by atoms with Gasteiger partial charge < -0.3 is 9.47 Å². The highest BCUT2D eigenvalue weighted by molar-refractivity contribution is 5.33. The Hall–Kier alpha value is -1.44. The number of benzene rings is 1. The van der Waals surface area contributed by atoms with Gasteiger partial charge in [0.05, 0.1) is 18.6 Å². The third-order valence-electron chi connectivity index (χ3n) is 3.61. The molecule has 1 aromatic rings. The molecule has 2 rings (SSSR count). The van der Waals surface area contributed by atoms with Gasteiger partial charge >= 0.3 is 0 Å². The van der Waals surface area contributed by atoms with Crippen molar-refractivity contribution in [3.63, 3.8) is 0 Å². The molecule has 0 bridgehead atoms. The molecule has 3 nitrogen and oxygen atoms in total. The molecular weight excluding hydrogens is 257 g/mol. The maximum atomic E-state index is 13.1. The number of aryl methyl sites for hydroxylation is 1. The molecule has 20 heavy (non-hydrogen) atoms.